The fraction of sp³-hybridized carbons (Fsp3) is 0.429. The van der Waals surface area contributed by atoms with Gasteiger partial charge in [-0.2, -0.15) is 0 Å². The summed E-state index contributed by atoms with van der Waals surface area (Å²) in [4.78, 5) is 27.5. The van der Waals surface area contributed by atoms with Crippen LogP contribution in [0.2, 0.25) is 0 Å². The summed E-state index contributed by atoms with van der Waals surface area (Å²) >= 11 is 0. The van der Waals surface area contributed by atoms with Crippen LogP contribution >= 0.6 is 0 Å². The number of rotatable bonds is 1. The molecule has 0 heterocycles. The third-order valence-corrected chi connectivity index (χ3v) is 6.62. The molecule has 0 saturated heterocycles. The van der Waals surface area contributed by atoms with Gasteiger partial charge in [-0.1, -0.05) is 12.1 Å². The van der Waals surface area contributed by atoms with E-state index < -0.39 is 46.4 Å². The predicted octanol–water partition coefficient (Wildman–Crippen LogP) is 0.930. The van der Waals surface area contributed by atoms with Crippen LogP contribution in [0.5, 0.6) is 5.75 Å². The lowest BCUT2D eigenvalue weighted by Crippen LogP contribution is -2.63. The van der Waals surface area contributed by atoms with Crippen LogP contribution in [-0.2, 0) is 10.4 Å². The van der Waals surface area contributed by atoms with Gasteiger partial charge in [0.25, 0.3) is 0 Å². The van der Waals surface area contributed by atoms with E-state index in [1.807, 2.05) is 0 Å². The number of phenolic OH excluding ortho intramolecular Hbond substituents is 1. The van der Waals surface area contributed by atoms with Gasteiger partial charge in [-0.3, -0.25) is 14.5 Å². The van der Waals surface area contributed by atoms with Crippen LogP contribution in [0, 0.1) is 11.8 Å². The van der Waals surface area contributed by atoms with Gasteiger partial charge in [-0.15, -0.1) is 0 Å². The summed E-state index contributed by atoms with van der Waals surface area (Å²) in [6.07, 6.45) is 0.811. The monoisotopic (exact) mass is 401 g/mol. The van der Waals surface area contributed by atoms with Gasteiger partial charge in [-0.25, -0.2) is 0 Å². The second-order valence-electron chi connectivity index (χ2n) is 8.44. The fourth-order valence-electron chi connectivity index (χ4n) is 5.20. The van der Waals surface area contributed by atoms with Crippen molar-refractivity contribution in [1.29, 1.82) is 0 Å². The number of fused-ring (bicyclic) bond motifs is 3. The van der Waals surface area contributed by atoms with Crippen molar-refractivity contribution in [2.24, 2.45) is 11.8 Å². The molecule has 0 saturated carbocycles. The summed E-state index contributed by atoms with van der Waals surface area (Å²) in [5.74, 6) is -5.08. The number of carbonyl (C=O) groups excluding carboxylic acids is 2. The number of aliphatic hydroxyl groups is 4. The Morgan fingerprint density at radius 1 is 1.10 bits per heavy atom. The van der Waals surface area contributed by atoms with Crippen LogP contribution in [0.1, 0.15) is 29.3 Å². The molecule has 0 radical (unpaired) electrons. The molecule has 0 aliphatic heterocycles. The second kappa shape index (κ2) is 5.91. The summed E-state index contributed by atoms with van der Waals surface area (Å²) in [5.41, 5.74) is -4.33. The number of phenols is 1. The molecule has 8 heteroatoms. The Balaban J connectivity index is 2.01. The number of aliphatic hydroxyl groups excluding tert-OH is 2. The van der Waals surface area contributed by atoms with Crippen LogP contribution in [-0.4, -0.2) is 67.7 Å². The average molecular weight is 401 g/mol. The lowest BCUT2D eigenvalue weighted by molar-refractivity contribution is -0.149. The zero-order chi connectivity index (χ0) is 21.5. The smallest absolute Gasteiger partial charge is 0.198 e. The van der Waals surface area contributed by atoms with E-state index in [1.54, 1.807) is 19.0 Å². The molecule has 5 unspecified atom stereocenters. The van der Waals surface area contributed by atoms with Gasteiger partial charge in [-0.05, 0) is 39.1 Å². The van der Waals surface area contributed by atoms with Crippen molar-refractivity contribution in [1.82, 2.24) is 4.90 Å². The molecule has 0 fully saturated rings. The Kier molecular flexibility index (Phi) is 4.00. The summed E-state index contributed by atoms with van der Waals surface area (Å²) in [6, 6.07) is 3.51. The Morgan fingerprint density at radius 3 is 2.38 bits per heavy atom. The maximum atomic E-state index is 13.2. The molecule has 0 aromatic heterocycles. The van der Waals surface area contributed by atoms with Crippen molar-refractivity contribution in [2.75, 3.05) is 14.1 Å². The van der Waals surface area contributed by atoms with Gasteiger partial charge in [0.2, 0.25) is 0 Å². The second-order valence-corrected chi connectivity index (χ2v) is 8.44. The minimum Gasteiger partial charge on any atom is -0.510 e. The largest absolute Gasteiger partial charge is 0.510 e. The number of hydrogen-bond donors (Lipinski definition) is 5. The zero-order valence-corrected chi connectivity index (χ0v) is 16.2. The van der Waals surface area contributed by atoms with Crippen molar-refractivity contribution in [3.63, 3.8) is 0 Å². The number of nitrogens with zero attached hydrogens (tertiary/aromatic N) is 1. The maximum Gasteiger partial charge on any atom is 0.198 e. The number of hydrogen-bond acceptors (Lipinski definition) is 8. The number of benzene rings is 1. The van der Waals surface area contributed by atoms with Crippen molar-refractivity contribution in [2.45, 2.75) is 30.6 Å². The minimum atomic E-state index is -2.42. The number of Topliss-reactive ketones (excluding diaryl/α,β-unsaturated/α-hetero) is 1. The third kappa shape index (κ3) is 2.30. The summed E-state index contributed by atoms with van der Waals surface area (Å²) in [6.45, 7) is 1.46. The third-order valence-electron chi connectivity index (χ3n) is 6.62. The van der Waals surface area contributed by atoms with Crippen LogP contribution in [0.15, 0.2) is 41.4 Å². The molecule has 0 spiro atoms. The number of aromatic hydroxyl groups is 1. The first kappa shape index (κ1) is 19.6. The summed E-state index contributed by atoms with van der Waals surface area (Å²) in [5, 5.41) is 54.2. The van der Waals surface area contributed by atoms with E-state index in [0.717, 1.165) is 6.08 Å². The Morgan fingerprint density at radius 2 is 1.76 bits per heavy atom. The molecular formula is C21H23NO7. The molecule has 5 atom stereocenters. The van der Waals surface area contributed by atoms with Gasteiger partial charge in [0.05, 0.1) is 17.2 Å². The molecule has 29 heavy (non-hydrogen) atoms. The van der Waals surface area contributed by atoms with Gasteiger partial charge in [0.1, 0.15) is 17.3 Å². The molecule has 1 aromatic carbocycles. The van der Waals surface area contributed by atoms with Crippen molar-refractivity contribution in [3.8, 4) is 5.75 Å². The highest BCUT2D eigenvalue weighted by Crippen LogP contribution is 2.55. The van der Waals surface area contributed by atoms with Crippen LogP contribution in [0.4, 0.5) is 0 Å². The van der Waals surface area contributed by atoms with Crippen molar-refractivity contribution < 1.29 is 35.1 Å². The lowest BCUT2D eigenvalue weighted by atomic mass is 9.56. The lowest BCUT2D eigenvalue weighted by Gasteiger charge is -2.52. The first-order valence-electron chi connectivity index (χ1n) is 9.30. The molecule has 4 rings (SSSR count). The van der Waals surface area contributed by atoms with Gasteiger partial charge < -0.3 is 25.5 Å². The molecule has 8 nitrogen and oxygen atoms in total. The predicted molar refractivity (Wildman–Crippen MR) is 101 cm³/mol. The highest BCUT2D eigenvalue weighted by atomic mass is 16.3. The highest BCUT2D eigenvalue weighted by molar-refractivity contribution is 6.15. The van der Waals surface area contributed by atoms with E-state index in [-0.39, 0.29) is 34.6 Å². The average Bonchev–Trinajstić information content (AvgIpc) is 2.62. The number of ketones is 2. The van der Waals surface area contributed by atoms with Gasteiger partial charge in [0.15, 0.2) is 17.2 Å². The Bertz CT molecular complexity index is 1010. The van der Waals surface area contributed by atoms with Crippen LogP contribution < -0.4 is 0 Å². The van der Waals surface area contributed by atoms with Crippen LogP contribution in [0.25, 0.3) is 0 Å². The van der Waals surface area contributed by atoms with E-state index in [1.165, 1.54) is 25.1 Å². The molecule has 3 aliphatic carbocycles. The first-order chi connectivity index (χ1) is 13.4. The summed E-state index contributed by atoms with van der Waals surface area (Å²) < 4.78 is 0. The Labute approximate surface area is 167 Å². The van der Waals surface area contributed by atoms with E-state index in [4.69, 9.17) is 0 Å². The minimum absolute atomic E-state index is 0.0454. The Hall–Kier alpha value is -2.68. The SMILES string of the molecule is CN(C)C1C(O)=CC(=O)C2(O)C(O)=C3C(=O)c4c(O)cccc4C(C)(O)C3CC12. The van der Waals surface area contributed by atoms with Gasteiger partial charge >= 0.3 is 0 Å². The standard InChI is InChI=1S/C21H23NO7/c1-20(28)9-5-4-6-12(23)15(9)18(26)16-10(20)7-11-17(22(2)3)13(24)8-14(25)21(11,29)19(16)27/h4-6,8,10-11,17,23-24,27-29H,7H2,1-3H3. The number of carbonyl (C=O) groups is 2. The van der Waals surface area contributed by atoms with Crippen LogP contribution in [0.3, 0.4) is 0 Å². The molecule has 0 bridgehead atoms. The molecule has 1 aromatic rings. The topological polar surface area (TPSA) is 139 Å². The zero-order valence-electron chi connectivity index (χ0n) is 16.2. The first-order valence-corrected chi connectivity index (χ1v) is 9.30. The highest BCUT2D eigenvalue weighted by Gasteiger charge is 2.63. The van der Waals surface area contributed by atoms with E-state index in [9.17, 15) is 35.1 Å². The quantitative estimate of drug-likeness (QED) is 0.468. The van der Waals surface area contributed by atoms with E-state index in [2.05, 4.69) is 0 Å². The van der Waals surface area contributed by atoms with Crippen molar-refractivity contribution in [3.05, 3.63) is 52.5 Å². The molecule has 5 N–H and O–H groups in total. The summed E-state index contributed by atoms with van der Waals surface area (Å²) in [7, 11) is 3.30. The molecule has 0 amide bonds. The van der Waals surface area contributed by atoms with E-state index in [0.29, 0.717) is 0 Å². The normalized spacial score (nSPS) is 36.5. The molecule has 3 aliphatic rings. The van der Waals surface area contributed by atoms with Crippen molar-refractivity contribution >= 4 is 11.6 Å². The number of likely N-dealkylation sites (N-methyl/N-ethyl adjacent to an activating group) is 1. The molecular weight excluding hydrogens is 378 g/mol. The van der Waals surface area contributed by atoms with E-state index >= 15 is 0 Å². The molecule has 154 valence electrons. The van der Waals surface area contributed by atoms with Gasteiger partial charge in [0, 0.05) is 23.5 Å². The maximum absolute atomic E-state index is 13.2. The fourth-order valence-corrected chi connectivity index (χ4v) is 5.20.